The summed E-state index contributed by atoms with van der Waals surface area (Å²) < 4.78 is 37.7. The van der Waals surface area contributed by atoms with Crippen molar-refractivity contribution in [2.45, 2.75) is 20.0 Å². The van der Waals surface area contributed by atoms with E-state index in [1.54, 1.807) is 12.3 Å². The minimum Gasteiger partial charge on any atom is -0.261 e. The van der Waals surface area contributed by atoms with Gasteiger partial charge in [0.15, 0.2) is 0 Å². The molecule has 0 saturated heterocycles. The fraction of sp³-hybridized carbons (Fsp3) is 0.231. The predicted octanol–water partition coefficient (Wildman–Crippen LogP) is 3.78. The van der Waals surface area contributed by atoms with Crippen molar-refractivity contribution in [2.75, 3.05) is 0 Å². The topological polar surface area (TPSA) is 25.8 Å². The van der Waals surface area contributed by atoms with Crippen LogP contribution in [0.1, 0.15) is 17.0 Å². The summed E-state index contributed by atoms with van der Waals surface area (Å²) in [5, 5.41) is 0. The molecule has 0 N–H and O–H groups in total. The van der Waals surface area contributed by atoms with E-state index in [9.17, 15) is 13.2 Å². The second-order valence-electron chi connectivity index (χ2n) is 4.07. The average molecular weight is 252 g/mol. The zero-order valence-corrected chi connectivity index (χ0v) is 9.92. The summed E-state index contributed by atoms with van der Waals surface area (Å²) in [5.41, 5.74) is 2.00. The zero-order valence-electron chi connectivity index (χ0n) is 9.92. The van der Waals surface area contributed by atoms with Crippen LogP contribution in [-0.2, 0) is 6.18 Å². The monoisotopic (exact) mass is 252 g/mol. The molecular formula is C13H11F3N2. The summed E-state index contributed by atoms with van der Waals surface area (Å²) >= 11 is 0. The van der Waals surface area contributed by atoms with Gasteiger partial charge < -0.3 is 0 Å². The van der Waals surface area contributed by atoms with Crippen LogP contribution in [0.4, 0.5) is 13.2 Å². The van der Waals surface area contributed by atoms with Gasteiger partial charge in [-0.1, -0.05) is 0 Å². The molecule has 0 unspecified atom stereocenters. The first-order valence-corrected chi connectivity index (χ1v) is 5.35. The van der Waals surface area contributed by atoms with Gasteiger partial charge in [0, 0.05) is 23.7 Å². The number of nitrogens with zero attached hydrogens (tertiary/aromatic N) is 2. The SMILES string of the molecule is Cc1cc(C)c(-c2ccnc(C(F)(F)F)c2)cn1. The summed E-state index contributed by atoms with van der Waals surface area (Å²) in [6, 6.07) is 4.43. The highest BCUT2D eigenvalue weighted by atomic mass is 19.4. The third-order valence-electron chi connectivity index (χ3n) is 2.61. The van der Waals surface area contributed by atoms with Crippen molar-refractivity contribution in [1.82, 2.24) is 9.97 Å². The van der Waals surface area contributed by atoms with Gasteiger partial charge in [-0.15, -0.1) is 0 Å². The van der Waals surface area contributed by atoms with Gasteiger partial charge in [-0.3, -0.25) is 9.97 Å². The normalized spacial score (nSPS) is 11.6. The maximum atomic E-state index is 12.6. The Labute approximate surface area is 103 Å². The maximum Gasteiger partial charge on any atom is 0.433 e. The molecule has 0 saturated carbocycles. The van der Waals surface area contributed by atoms with Crippen molar-refractivity contribution >= 4 is 0 Å². The van der Waals surface area contributed by atoms with Gasteiger partial charge in [0.05, 0.1) is 0 Å². The average Bonchev–Trinajstić information content (AvgIpc) is 2.28. The highest BCUT2D eigenvalue weighted by Crippen LogP contribution is 2.31. The van der Waals surface area contributed by atoms with Crippen molar-refractivity contribution in [3.63, 3.8) is 0 Å². The summed E-state index contributed by atoms with van der Waals surface area (Å²) in [4.78, 5) is 7.44. The molecule has 0 bridgehead atoms. The first kappa shape index (κ1) is 12.5. The number of halogens is 3. The number of rotatable bonds is 1. The number of pyridine rings is 2. The lowest BCUT2D eigenvalue weighted by Crippen LogP contribution is -2.07. The molecule has 0 aliphatic heterocycles. The van der Waals surface area contributed by atoms with E-state index in [0.29, 0.717) is 11.1 Å². The highest BCUT2D eigenvalue weighted by molar-refractivity contribution is 5.66. The fourth-order valence-electron chi connectivity index (χ4n) is 1.75. The Morgan fingerprint density at radius 2 is 1.78 bits per heavy atom. The van der Waals surface area contributed by atoms with Gasteiger partial charge in [-0.05, 0) is 43.2 Å². The van der Waals surface area contributed by atoms with Gasteiger partial charge >= 0.3 is 6.18 Å². The standard InChI is InChI=1S/C13H11F3N2/c1-8-5-9(2)18-7-11(8)10-3-4-17-12(6-10)13(14,15)16/h3-7H,1-2H3. The van der Waals surface area contributed by atoms with Gasteiger partial charge in [0.25, 0.3) is 0 Å². The molecule has 2 nitrogen and oxygen atoms in total. The van der Waals surface area contributed by atoms with E-state index in [2.05, 4.69) is 9.97 Å². The smallest absolute Gasteiger partial charge is 0.261 e. The maximum absolute atomic E-state index is 12.6. The molecule has 0 fully saturated rings. The molecule has 94 valence electrons. The molecule has 18 heavy (non-hydrogen) atoms. The Balaban J connectivity index is 2.51. The largest absolute Gasteiger partial charge is 0.433 e. The number of hydrogen-bond donors (Lipinski definition) is 0. The molecular weight excluding hydrogens is 241 g/mol. The second kappa shape index (κ2) is 4.40. The molecule has 2 aromatic rings. The lowest BCUT2D eigenvalue weighted by molar-refractivity contribution is -0.141. The van der Waals surface area contributed by atoms with E-state index in [1.807, 2.05) is 19.9 Å². The van der Waals surface area contributed by atoms with Crippen LogP contribution in [0, 0.1) is 13.8 Å². The van der Waals surface area contributed by atoms with E-state index in [0.717, 1.165) is 23.5 Å². The summed E-state index contributed by atoms with van der Waals surface area (Å²) in [7, 11) is 0. The lowest BCUT2D eigenvalue weighted by Gasteiger charge is -2.09. The zero-order chi connectivity index (χ0) is 13.3. The van der Waals surface area contributed by atoms with Gasteiger partial charge in [-0.2, -0.15) is 13.2 Å². The fourth-order valence-corrected chi connectivity index (χ4v) is 1.75. The molecule has 0 atom stereocenters. The number of aromatic nitrogens is 2. The number of aryl methyl sites for hydroxylation is 2. The van der Waals surface area contributed by atoms with E-state index < -0.39 is 11.9 Å². The molecule has 0 aliphatic rings. The molecule has 0 spiro atoms. The van der Waals surface area contributed by atoms with Crippen LogP contribution in [0.5, 0.6) is 0 Å². The number of hydrogen-bond acceptors (Lipinski definition) is 2. The van der Waals surface area contributed by atoms with Crippen molar-refractivity contribution in [2.24, 2.45) is 0 Å². The summed E-state index contributed by atoms with van der Waals surface area (Å²) in [6.45, 7) is 3.68. The quantitative estimate of drug-likeness (QED) is 0.771. The molecule has 5 heteroatoms. The Bertz CT molecular complexity index is 577. The van der Waals surface area contributed by atoms with E-state index >= 15 is 0 Å². The van der Waals surface area contributed by atoms with E-state index in [-0.39, 0.29) is 0 Å². The third-order valence-corrected chi connectivity index (χ3v) is 2.61. The van der Waals surface area contributed by atoms with Gasteiger partial charge in [0.1, 0.15) is 5.69 Å². The molecule has 0 amide bonds. The first-order valence-electron chi connectivity index (χ1n) is 5.35. The Kier molecular flexibility index (Phi) is 3.07. The predicted molar refractivity (Wildman–Crippen MR) is 61.9 cm³/mol. The van der Waals surface area contributed by atoms with Crippen LogP contribution in [0.2, 0.25) is 0 Å². The highest BCUT2D eigenvalue weighted by Gasteiger charge is 2.32. The van der Waals surface area contributed by atoms with E-state index in [4.69, 9.17) is 0 Å². The van der Waals surface area contributed by atoms with Gasteiger partial charge in [0.2, 0.25) is 0 Å². The van der Waals surface area contributed by atoms with Crippen LogP contribution in [-0.4, -0.2) is 9.97 Å². The minimum atomic E-state index is -4.43. The molecule has 2 aromatic heterocycles. The molecule has 0 aromatic carbocycles. The Hall–Kier alpha value is -1.91. The minimum absolute atomic E-state index is 0.474. The van der Waals surface area contributed by atoms with Crippen molar-refractivity contribution in [1.29, 1.82) is 0 Å². The molecule has 0 aliphatic carbocycles. The van der Waals surface area contributed by atoms with Crippen LogP contribution in [0.25, 0.3) is 11.1 Å². The Morgan fingerprint density at radius 3 is 2.39 bits per heavy atom. The number of alkyl halides is 3. The van der Waals surface area contributed by atoms with Crippen LogP contribution in [0.15, 0.2) is 30.6 Å². The van der Waals surface area contributed by atoms with Crippen molar-refractivity contribution in [3.05, 3.63) is 47.5 Å². The van der Waals surface area contributed by atoms with Crippen molar-refractivity contribution in [3.8, 4) is 11.1 Å². The summed E-state index contributed by atoms with van der Waals surface area (Å²) in [5.74, 6) is 0. The summed E-state index contributed by atoms with van der Waals surface area (Å²) in [6.07, 6.45) is -1.68. The molecule has 0 radical (unpaired) electrons. The third kappa shape index (κ3) is 2.50. The lowest BCUT2D eigenvalue weighted by atomic mass is 10.0. The second-order valence-corrected chi connectivity index (χ2v) is 4.07. The van der Waals surface area contributed by atoms with Crippen LogP contribution < -0.4 is 0 Å². The van der Waals surface area contributed by atoms with E-state index in [1.165, 1.54) is 0 Å². The van der Waals surface area contributed by atoms with Crippen LogP contribution >= 0.6 is 0 Å². The first-order chi connectivity index (χ1) is 8.38. The van der Waals surface area contributed by atoms with Crippen molar-refractivity contribution < 1.29 is 13.2 Å². The molecule has 2 rings (SSSR count). The van der Waals surface area contributed by atoms with Crippen LogP contribution in [0.3, 0.4) is 0 Å². The molecule has 2 heterocycles. The van der Waals surface area contributed by atoms with Gasteiger partial charge in [-0.25, -0.2) is 0 Å². The Morgan fingerprint density at radius 1 is 1.06 bits per heavy atom.